The number of amides is 2. The molecule has 1 aromatic rings. The van der Waals surface area contributed by atoms with Crippen molar-refractivity contribution >= 4 is 17.5 Å². The first-order chi connectivity index (χ1) is 9.34. The van der Waals surface area contributed by atoms with Gasteiger partial charge >= 0.3 is 0 Å². The lowest BCUT2D eigenvalue weighted by Crippen LogP contribution is -2.58. The number of nitrogens with zero attached hydrogens (tertiary/aromatic N) is 1. The third-order valence-electron chi connectivity index (χ3n) is 3.50. The highest BCUT2D eigenvalue weighted by atomic mass is 16.2. The third kappa shape index (κ3) is 2.69. The average Bonchev–Trinajstić information content (AvgIpc) is 2.37. The summed E-state index contributed by atoms with van der Waals surface area (Å²) in [6, 6.07) is 7.43. The molecule has 1 heterocycles. The van der Waals surface area contributed by atoms with Gasteiger partial charge in [0, 0.05) is 24.1 Å². The second-order valence-corrected chi connectivity index (χ2v) is 6.15. The minimum Gasteiger partial charge on any atom is -0.344 e. The maximum absolute atomic E-state index is 12.7. The number of benzene rings is 1. The average molecular weight is 274 g/mol. The molecule has 4 heteroatoms. The van der Waals surface area contributed by atoms with Crippen molar-refractivity contribution in [1.29, 1.82) is 0 Å². The number of carbonyl (C=O) groups excluding carboxylic acids is 2. The van der Waals surface area contributed by atoms with E-state index in [0.717, 1.165) is 11.3 Å². The molecule has 0 radical (unpaired) electrons. The number of hydrogen-bond donors (Lipinski definition) is 1. The summed E-state index contributed by atoms with van der Waals surface area (Å²) in [4.78, 5) is 26.1. The van der Waals surface area contributed by atoms with Crippen molar-refractivity contribution in [2.75, 3.05) is 4.90 Å². The van der Waals surface area contributed by atoms with Crippen LogP contribution >= 0.6 is 0 Å². The van der Waals surface area contributed by atoms with E-state index in [1.165, 1.54) is 0 Å². The molecule has 2 amide bonds. The Morgan fingerprint density at radius 2 is 2.00 bits per heavy atom. The molecule has 0 saturated carbocycles. The van der Waals surface area contributed by atoms with Gasteiger partial charge in [0.2, 0.25) is 11.8 Å². The normalized spacial score (nSPS) is 18.7. The standard InChI is InChI=1S/C16H22N2O2/c1-5-14(19)17-12-10-11-8-6-7-9-13(11)18(15(12)20)16(2,3)4/h6-9,12H,5,10H2,1-4H3,(H,17,19)/t12-/m0/s1. The number of fused-ring (bicyclic) bond motifs is 1. The summed E-state index contributed by atoms with van der Waals surface area (Å²) in [5.74, 6) is -0.116. The minimum absolute atomic E-state index is 0.0296. The molecule has 20 heavy (non-hydrogen) atoms. The van der Waals surface area contributed by atoms with Gasteiger partial charge in [0.15, 0.2) is 0 Å². The third-order valence-corrected chi connectivity index (χ3v) is 3.50. The zero-order valence-corrected chi connectivity index (χ0v) is 12.6. The van der Waals surface area contributed by atoms with Gasteiger partial charge in [-0.25, -0.2) is 0 Å². The lowest BCUT2D eigenvalue weighted by atomic mass is 9.92. The Balaban J connectivity index is 2.40. The first kappa shape index (κ1) is 14.6. The highest BCUT2D eigenvalue weighted by Gasteiger charge is 2.38. The molecule has 0 aliphatic carbocycles. The zero-order valence-electron chi connectivity index (χ0n) is 12.6. The van der Waals surface area contributed by atoms with E-state index in [0.29, 0.717) is 12.8 Å². The van der Waals surface area contributed by atoms with Crippen LogP contribution in [0, 0.1) is 0 Å². The second-order valence-electron chi connectivity index (χ2n) is 6.15. The molecule has 108 valence electrons. The highest BCUT2D eigenvalue weighted by Crippen LogP contribution is 2.33. The number of nitrogens with one attached hydrogen (secondary N) is 1. The van der Waals surface area contributed by atoms with E-state index in [4.69, 9.17) is 0 Å². The number of para-hydroxylation sites is 1. The van der Waals surface area contributed by atoms with Crippen LogP contribution in [-0.2, 0) is 16.0 Å². The summed E-state index contributed by atoms with van der Waals surface area (Å²) >= 11 is 0. The van der Waals surface area contributed by atoms with Gasteiger partial charge < -0.3 is 10.2 Å². The maximum Gasteiger partial charge on any atom is 0.250 e. The van der Waals surface area contributed by atoms with Crippen LogP contribution in [0.1, 0.15) is 39.7 Å². The van der Waals surface area contributed by atoms with E-state index < -0.39 is 6.04 Å². The van der Waals surface area contributed by atoms with Crippen LogP contribution in [0.2, 0.25) is 0 Å². The number of hydrogen-bond acceptors (Lipinski definition) is 2. The molecule has 0 unspecified atom stereocenters. The summed E-state index contributed by atoms with van der Waals surface area (Å²) in [5.41, 5.74) is 1.73. The van der Waals surface area contributed by atoms with Gasteiger partial charge in [0.05, 0.1) is 0 Å². The van der Waals surface area contributed by atoms with Gasteiger partial charge in [-0.2, -0.15) is 0 Å². The van der Waals surface area contributed by atoms with Crippen molar-refractivity contribution in [2.45, 2.75) is 52.1 Å². The Kier molecular flexibility index (Phi) is 3.84. The lowest BCUT2D eigenvalue weighted by molar-refractivity contribution is -0.128. The molecule has 1 aliphatic rings. The Morgan fingerprint density at radius 3 is 2.60 bits per heavy atom. The van der Waals surface area contributed by atoms with E-state index in [1.807, 2.05) is 45.0 Å². The molecule has 0 fully saturated rings. The van der Waals surface area contributed by atoms with Crippen LogP contribution in [0.25, 0.3) is 0 Å². The fourth-order valence-electron chi connectivity index (χ4n) is 2.58. The number of anilines is 1. The van der Waals surface area contributed by atoms with Crippen LogP contribution in [0.15, 0.2) is 24.3 Å². The molecule has 4 nitrogen and oxygen atoms in total. The molecule has 0 aromatic heterocycles. The van der Waals surface area contributed by atoms with Crippen LogP contribution in [0.5, 0.6) is 0 Å². The van der Waals surface area contributed by atoms with Crippen molar-refractivity contribution in [3.8, 4) is 0 Å². The summed E-state index contributed by atoms with van der Waals surface area (Å²) in [5, 5.41) is 2.83. The lowest BCUT2D eigenvalue weighted by Gasteiger charge is -2.42. The maximum atomic E-state index is 12.7. The molecule has 1 atom stereocenters. The van der Waals surface area contributed by atoms with E-state index in [9.17, 15) is 9.59 Å². The van der Waals surface area contributed by atoms with E-state index >= 15 is 0 Å². The van der Waals surface area contributed by atoms with Gasteiger partial charge in [-0.05, 0) is 32.4 Å². The van der Waals surface area contributed by atoms with Crippen LogP contribution in [0.4, 0.5) is 5.69 Å². The smallest absolute Gasteiger partial charge is 0.250 e. The van der Waals surface area contributed by atoms with E-state index in [1.54, 1.807) is 11.8 Å². The van der Waals surface area contributed by atoms with Crippen LogP contribution in [-0.4, -0.2) is 23.4 Å². The molecule has 1 N–H and O–H groups in total. The Labute approximate surface area is 120 Å². The molecular formula is C16H22N2O2. The predicted molar refractivity (Wildman–Crippen MR) is 79.6 cm³/mol. The molecule has 1 aromatic carbocycles. The zero-order chi connectivity index (χ0) is 14.9. The molecular weight excluding hydrogens is 252 g/mol. The first-order valence-electron chi connectivity index (χ1n) is 7.06. The van der Waals surface area contributed by atoms with Crippen molar-refractivity contribution in [2.24, 2.45) is 0 Å². The van der Waals surface area contributed by atoms with Gasteiger partial charge in [-0.1, -0.05) is 25.1 Å². The Bertz CT molecular complexity index is 532. The van der Waals surface area contributed by atoms with Crippen molar-refractivity contribution < 1.29 is 9.59 Å². The SMILES string of the molecule is CCC(=O)N[C@H]1Cc2ccccc2N(C(C)(C)C)C1=O. The topological polar surface area (TPSA) is 49.4 Å². The van der Waals surface area contributed by atoms with Gasteiger partial charge in [-0.3, -0.25) is 9.59 Å². The van der Waals surface area contributed by atoms with E-state index in [-0.39, 0.29) is 17.4 Å². The van der Waals surface area contributed by atoms with Crippen molar-refractivity contribution in [3.05, 3.63) is 29.8 Å². The molecule has 0 spiro atoms. The summed E-state index contributed by atoms with van der Waals surface area (Å²) in [6.07, 6.45) is 0.953. The minimum atomic E-state index is -0.462. The second kappa shape index (κ2) is 5.27. The van der Waals surface area contributed by atoms with E-state index in [2.05, 4.69) is 5.32 Å². The number of rotatable bonds is 2. The predicted octanol–water partition coefficient (Wildman–Crippen LogP) is 2.27. The molecule has 0 saturated heterocycles. The van der Waals surface area contributed by atoms with Crippen LogP contribution in [0.3, 0.4) is 0 Å². The van der Waals surface area contributed by atoms with Gasteiger partial charge in [-0.15, -0.1) is 0 Å². The molecule has 1 aliphatic heterocycles. The summed E-state index contributed by atoms with van der Waals surface area (Å²) < 4.78 is 0. The fraction of sp³-hybridized carbons (Fsp3) is 0.500. The number of carbonyl (C=O) groups is 2. The summed E-state index contributed by atoms with van der Waals surface area (Å²) in [6.45, 7) is 7.81. The fourth-order valence-corrected chi connectivity index (χ4v) is 2.58. The Hall–Kier alpha value is -1.84. The summed E-state index contributed by atoms with van der Waals surface area (Å²) in [7, 11) is 0. The van der Waals surface area contributed by atoms with Gasteiger partial charge in [0.25, 0.3) is 0 Å². The van der Waals surface area contributed by atoms with Crippen LogP contribution < -0.4 is 10.2 Å². The largest absolute Gasteiger partial charge is 0.344 e. The highest BCUT2D eigenvalue weighted by molar-refractivity contribution is 6.03. The van der Waals surface area contributed by atoms with Crippen molar-refractivity contribution in [3.63, 3.8) is 0 Å². The van der Waals surface area contributed by atoms with Gasteiger partial charge in [0.1, 0.15) is 6.04 Å². The molecule has 0 bridgehead atoms. The van der Waals surface area contributed by atoms with Crippen molar-refractivity contribution in [1.82, 2.24) is 5.32 Å². The molecule has 2 rings (SSSR count). The first-order valence-corrected chi connectivity index (χ1v) is 7.06. The monoisotopic (exact) mass is 274 g/mol. The quantitative estimate of drug-likeness (QED) is 0.899. The Morgan fingerprint density at radius 1 is 1.35 bits per heavy atom.